The molecule has 0 aliphatic carbocycles. The Hall–Kier alpha value is -1.77. The van der Waals surface area contributed by atoms with Crippen LogP contribution in [0.15, 0.2) is 36.4 Å². The summed E-state index contributed by atoms with van der Waals surface area (Å²) in [5.74, 6) is 0.441. The second-order valence-electron chi connectivity index (χ2n) is 2.93. The molecule has 0 aromatic heterocycles. The highest BCUT2D eigenvalue weighted by Crippen LogP contribution is 2.23. The first-order valence-corrected chi connectivity index (χ1v) is 4.25. The van der Waals surface area contributed by atoms with E-state index in [1.807, 2.05) is 12.1 Å². The van der Waals surface area contributed by atoms with Crippen LogP contribution < -0.4 is 10.1 Å². The van der Waals surface area contributed by atoms with Crippen LogP contribution in [0.2, 0.25) is 0 Å². The summed E-state index contributed by atoms with van der Waals surface area (Å²) in [6.07, 6.45) is 0. The lowest BCUT2D eigenvalue weighted by atomic mass is 10.2. The maximum Gasteiger partial charge on any atom is 0.250 e. The van der Waals surface area contributed by atoms with E-state index in [0.717, 1.165) is 0 Å². The van der Waals surface area contributed by atoms with Crippen molar-refractivity contribution in [1.29, 1.82) is 0 Å². The van der Waals surface area contributed by atoms with E-state index >= 15 is 0 Å². The van der Waals surface area contributed by atoms with Crippen LogP contribution in [0.5, 0.6) is 5.75 Å². The zero-order chi connectivity index (χ0) is 10.6. The molecule has 1 aromatic carbocycles. The summed E-state index contributed by atoms with van der Waals surface area (Å²) in [7, 11) is 1.56. The Morgan fingerprint density at radius 3 is 2.64 bits per heavy atom. The number of anilines is 1. The smallest absolute Gasteiger partial charge is 0.250 e. The molecular weight excluding hydrogens is 178 g/mol. The van der Waals surface area contributed by atoms with E-state index < -0.39 is 0 Å². The number of nitrogens with one attached hydrogen (secondary N) is 1. The van der Waals surface area contributed by atoms with E-state index in [1.165, 1.54) is 0 Å². The minimum Gasteiger partial charge on any atom is -0.495 e. The van der Waals surface area contributed by atoms with Gasteiger partial charge < -0.3 is 10.1 Å². The Balaban J connectivity index is 2.85. The summed E-state index contributed by atoms with van der Waals surface area (Å²) in [5.41, 5.74) is 1.12. The number of carbonyl (C=O) groups is 1. The molecule has 3 nitrogen and oxygen atoms in total. The molecule has 14 heavy (non-hydrogen) atoms. The number of para-hydroxylation sites is 2. The van der Waals surface area contributed by atoms with Gasteiger partial charge in [0.05, 0.1) is 12.8 Å². The largest absolute Gasteiger partial charge is 0.495 e. The van der Waals surface area contributed by atoms with Crippen molar-refractivity contribution in [3.05, 3.63) is 36.4 Å². The molecule has 3 heteroatoms. The van der Waals surface area contributed by atoms with Gasteiger partial charge in [-0.25, -0.2) is 0 Å². The number of ether oxygens (including phenoxy) is 1. The average Bonchev–Trinajstić information content (AvgIpc) is 2.18. The summed E-state index contributed by atoms with van der Waals surface area (Å²) >= 11 is 0. The van der Waals surface area contributed by atoms with E-state index in [2.05, 4.69) is 11.9 Å². The normalized spacial score (nSPS) is 9.29. The monoisotopic (exact) mass is 191 g/mol. The van der Waals surface area contributed by atoms with Crippen molar-refractivity contribution in [2.45, 2.75) is 6.92 Å². The van der Waals surface area contributed by atoms with Crippen molar-refractivity contribution in [3.8, 4) is 5.75 Å². The third-order valence-corrected chi connectivity index (χ3v) is 1.74. The second-order valence-corrected chi connectivity index (χ2v) is 2.93. The second kappa shape index (κ2) is 4.46. The van der Waals surface area contributed by atoms with E-state index in [-0.39, 0.29) is 5.91 Å². The maximum absolute atomic E-state index is 11.3. The quantitative estimate of drug-likeness (QED) is 0.744. The van der Waals surface area contributed by atoms with E-state index in [0.29, 0.717) is 17.0 Å². The first kappa shape index (κ1) is 10.3. The Bertz CT molecular complexity index is 358. The molecule has 0 heterocycles. The van der Waals surface area contributed by atoms with Gasteiger partial charge in [-0.05, 0) is 19.1 Å². The van der Waals surface area contributed by atoms with Crippen molar-refractivity contribution in [3.63, 3.8) is 0 Å². The molecule has 0 unspecified atom stereocenters. The van der Waals surface area contributed by atoms with Gasteiger partial charge in [0.1, 0.15) is 5.75 Å². The molecule has 1 rings (SSSR count). The van der Waals surface area contributed by atoms with Crippen LogP contribution in [0.4, 0.5) is 5.69 Å². The summed E-state index contributed by atoms with van der Waals surface area (Å²) in [4.78, 5) is 11.3. The van der Waals surface area contributed by atoms with Crippen LogP contribution in [0.25, 0.3) is 0 Å². The van der Waals surface area contributed by atoms with Crippen LogP contribution in [0.1, 0.15) is 6.92 Å². The predicted molar refractivity (Wildman–Crippen MR) is 56.4 cm³/mol. The molecule has 0 saturated carbocycles. The molecule has 0 saturated heterocycles. The van der Waals surface area contributed by atoms with Crippen molar-refractivity contribution in [1.82, 2.24) is 0 Å². The lowest BCUT2D eigenvalue weighted by Gasteiger charge is -2.09. The topological polar surface area (TPSA) is 38.3 Å². The highest BCUT2D eigenvalue weighted by Gasteiger charge is 2.06. The summed E-state index contributed by atoms with van der Waals surface area (Å²) in [5, 5.41) is 2.70. The predicted octanol–water partition coefficient (Wildman–Crippen LogP) is 2.21. The molecule has 0 spiro atoms. The van der Waals surface area contributed by atoms with Gasteiger partial charge in [-0.1, -0.05) is 18.7 Å². The highest BCUT2D eigenvalue weighted by molar-refractivity contribution is 6.03. The zero-order valence-corrected chi connectivity index (χ0v) is 8.33. The maximum atomic E-state index is 11.3. The minimum atomic E-state index is -0.200. The lowest BCUT2D eigenvalue weighted by molar-refractivity contribution is -0.112. The minimum absolute atomic E-state index is 0.200. The van der Waals surface area contributed by atoms with Crippen molar-refractivity contribution < 1.29 is 9.53 Å². The summed E-state index contributed by atoms with van der Waals surface area (Å²) < 4.78 is 5.08. The molecule has 1 N–H and O–H groups in total. The van der Waals surface area contributed by atoms with Crippen molar-refractivity contribution in [2.75, 3.05) is 12.4 Å². The Morgan fingerprint density at radius 1 is 1.43 bits per heavy atom. The average molecular weight is 191 g/mol. The number of hydrogen-bond donors (Lipinski definition) is 1. The van der Waals surface area contributed by atoms with Gasteiger partial charge in [-0.15, -0.1) is 0 Å². The number of carbonyl (C=O) groups excluding carboxylic acids is 1. The molecular formula is C11H13NO2. The van der Waals surface area contributed by atoms with Gasteiger partial charge in [-0.2, -0.15) is 0 Å². The summed E-state index contributed by atoms with van der Waals surface area (Å²) in [6, 6.07) is 7.24. The molecule has 0 aliphatic heterocycles. The first-order chi connectivity index (χ1) is 6.65. The first-order valence-electron chi connectivity index (χ1n) is 4.25. The van der Waals surface area contributed by atoms with Gasteiger partial charge >= 0.3 is 0 Å². The van der Waals surface area contributed by atoms with Gasteiger partial charge in [0.2, 0.25) is 0 Å². The molecule has 1 amide bonds. The third kappa shape index (κ3) is 2.36. The standard InChI is InChI=1S/C11H13NO2/c1-8(2)11(13)12-9-6-4-5-7-10(9)14-3/h4-7H,1H2,2-3H3,(H,12,13). The van der Waals surface area contributed by atoms with Gasteiger partial charge in [-0.3, -0.25) is 4.79 Å². The molecule has 0 radical (unpaired) electrons. The summed E-state index contributed by atoms with van der Waals surface area (Å²) in [6.45, 7) is 5.21. The van der Waals surface area contributed by atoms with Crippen LogP contribution in [0.3, 0.4) is 0 Å². The van der Waals surface area contributed by atoms with Crippen LogP contribution in [-0.4, -0.2) is 13.0 Å². The van der Waals surface area contributed by atoms with Crippen LogP contribution >= 0.6 is 0 Å². The lowest BCUT2D eigenvalue weighted by Crippen LogP contribution is -2.12. The van der Waals surface area contributed by atoms with Gasteiger partial charge in [0.15, 0.2) is 0 Å². The molecule has 0 atom stereocenters. The Labute approximate surface area is 83.4 Å². The molecule has 1 aromatic rings. The number of hydrogen-bond acceptors (Lipinski definition) is 2. The molecule has 0 fully saturated rings. The highest BCUT2D eigenvalue weighted by atomic mass is 16.5. The third-order valence-electron chi connectivity index (χ3n) is 1.74. The van der Waals surface area contributed by atoms with Crippen molar-refractivity contribution in [2.24, 2.45) is 0 Å². The Morgan fingerprint density at radius 2 is 2.07 bits per heavy atom. The van der Waals surface area contributed by atoms with Crippen LogP contribution in [0, 0.1) is 0 Å². The van der Waals surface area contributed by atoms with Crippen molar-refractivity contribution >= 4 is 11.6 Å². The number of benzene rings is 1. The van der Waals surface area contributed by atoms with E-state index in [1.54, 1.807) is 26.2 Å². The molecule has 0 bridgehead atoms. The fourth-order valence-corrected chi connectivity index (χ4v) is 0.977. The van der Waals surface area contributed by atoms with Gasteiger partial charge in [0.25, 0.3) is 5.91 Å². The fourth-order valence-electron chi connectivity index (χ4n) is 0.977. The van der Waals surface area contributed by atoms with E-state index in [4.69, 9.17) is 4.74 Å². The Kier molecular flexibility index (Phi) is 3.29. The van der Waals surface area contributed by atoms with E-state index in [9.17, 15) is 4.79 Å². The SMILES string of the molecule is C=C(C)C(=O)Nc1ccccc1OC. The molecule has 74 valence electrons. The van der Waals surface area contributed by atoms with Crippen LogP contribution in [-0.2, 0) is 4.79 Å². The number of rotatable bonds is 3. The zero-order valence-electron chi connectivity index (χ0n) is 8.33. The fraction of sp³-hybridized carbons (Fsp3) is 0.182. The number of methoxy groups -OCH3 is 1. The van der Waals surface area contributed by atoms with Gasteiger partial charge in [0, 0.05) is 5.57 Å². The molecule has 0 aliphatic rings. The number of amides is 1.